The number of halogens is 2. The number of amides is 1. The van der Waals surface area contributed by atoms with Gasteiger partial charge in [-0.3, -0.25) is 4.79 Å². The van der Waals surface area contributed by atoms with E-state index in [1.807, 2.05) is 19.9 Å². The Labute approximate surface area is 118 Å². The summed E-state index contributed by atoms with van der Waals surface area (Å²) in [5.41, 5.74) is 6.76. The smallest absolute Gasteiger partial charge is 0.239 e. The van der Waals surface area contributed by atoms with Crippen LogP contribution in [-0.2, 0) is 11.3 Å². The maximum absolute atomic E-state index is 12.0. The van der Waals surface area contributed by atoms with Gasteiger partial charge in [0.15, 0.2) is 0 Å². The molecule has 1 rings (SSSR count). The second kappa shape index (κ2) is 6.41. The summed E-state index contributed by atoms with van der Waals surface area (Å²) < 4.78 is 0. The van der Waals surface area contributed by atoms with Gasteiger partial charge in [-0.2, -0.15) is 0 Å². The lowest BCUT2D eigenvalue weighted by Gasteiger charge is -2.23. The average molecular weight is 289 g/mol. The van der Waals surface area contributed by atoms with Crippen molar-refractivity contribution in [2.75, 3.05) is 7.05 Å². The monoisotopic (exact) mass is 288 g/mol. The van der Waals surface area contributed by atoms with Crippen LogP contribution in [0.25, 0.3) is 0 Å². The van der Waals surface area contributed by atoms with Crippen LogP contribution in [0.5, 0.6) is 0 Å². The SMILES string of the molecule is CC(C)[C@H](N)C(=O)N(C)Cc1ccc(Cl)c(Cl)c1. The van der Waals surface area contributed by atoms with E-state index in [9.17, 15) is 4.79 Å². The summed E-state index contributed by atoms with van der Waals surface area (Å²) in [5.74, 6) is 0.0461. The van der Waals surface area contributed by atoms with Crippen molar-refractivity contribution in [2.45, 2.75) is 26.4 Å². The predicted octanol–water partition coefficient (Wildman–Crippen LogP) is 2.94. The van der Waals surface area contributed by atoms with Gasteiger partial charge in [-0.15, -0.1) is 0 Å². The van der Waals surface area contributed by atoms with Crippen LogP contribution >= 0.6 is 23.2 Å². The van der Waals surface area contributed by atoms with Crippen molar-refractivity contribution in [3.8, 4) is 0 Å². The Morgan fingerprint density at radius 1 is 1.33 bits per heavy atom. The third-order valence-electron chi connectivity index (χ3n) is 2.78. The Balaban J connectivity index is 2.72. The van der Waals surface area contributed by atoms with Crippen molar-refractivity contribution < 1.29 is 4.79 Å². The van der Waals surface area contributed by atoms with E-state index in [-0.39, 0.29) is 11.8 Å². The lowest BCUT2D eigenvalue weighted by molar-refractivity contribution is -0.132. The molecular weight excluding hydrogens is 271 g/mol. The molecule has 0 unspecified atom stereocenters. The van der Waals surface area contributed by atoms with Gasteiger partial charge in [0, 0.05) is 13.6 Å². The molecule has 5 heteroatoms. The van der Waals surface area contributed by atoms with Gasteiger partial charge in [-0.25, -0.2) is 0 Å². The van der Waals surface area contributed by atoms with Crippen LogP contribution in [0.3, 0.4) is 0 Å². The molecule has 0 fully saturated rings. The number of benzene rings is 1. The molecule has 3 nitrogen and oxygen atoms in total. The minimum Gasteiger partial charge on any atom is -0.340 e. The number of hydrogen-bond donors (Lipinski definition) is 1. The van der Waals surface area contributed by atoms with Gasteiger partial charge in [0.1, 0.15) is 0 Å². The topological polar surface area (TPSA) is 46.3 Å². The van der Waals surface area contributed by atoms with Crippen LogP contribution < -0.4 is 5.73 Å². The lowest BCUT2D eigenvalue weighted by atomic mass is 10.0. The maximum Gasteiger partial charge on any atom is 0.239 e. The third-order valence-corrected chi connectivity index (χ3v) is 3.52. The quantitative estimate of drug-likeness (QED) is 0.926. The van der Waals surface area contributed by atoms with E-state index in [0.29, 0.717) is 16.6 Å². The zero-order valence-corrected chi connectivity index (χ0v) is 12.3. The zero-order chi connectivity index (χ0) is 13.9. The normalized spacial score (nSPS) is 12.6. The fourth-order valence-electron chi connectivity index (χ4n) is 1.53. The predicted molar refractivity (Wildman–Crippen MR) is 75.7 cm³/mol. The number of hydrogen-bond acceptors (Lipinski definition) is 2. The molecule has 0 aromatic heterocycles. The average Bonchev–Trinajstić information content (AvgIpc) is 2.31. The molecule has 0 aliphatic rings. The fourth-order valence-corrected chi connectivity index (χ4v) is 1.85. The molecule has 1 amide bonds. The van der Waals surface area contributed by atoms with E-state index < -0.39 is 6.04 Å². The summed E-state index contributed by atoms with van der Waals surface area (Å²) in [6.07, 6.45) is 0. The third kappa shape index (κ3) is 3.87. The summed E-state index contributed by atoms with van der Waals surface area (Å²) in [4.78, 5) is 13.6. The molecule has 0 aliphatic heterocycles. The Kier molecular flexibility index (Phi) is 5.45. The molecule has 2 N–H and O–H groups in total. The van der Waals surface area contributed by atoms with E-state index in [1.54, 1.807) is 24.1 Å². The number of nitrogens with zero attached hydrogens (tertiary/aromatic N) is 1. The van der Waals surface area contributed by atoms with Crippen LogP contribution in [0.15, 0.2) is 18.2 Å². The van der Waals surface area contributed by atoms with E-state index >= 15 is 0 Å². The van der Waals surface area contributed by atoms with Crippen LogP contribution in [0.1, 0.15) is 19.4 Å². The molecule has 0 saturated carbocycles. The molecule has 0 heterocycles. The molecule has 1 aromatic rings. The van der Waals surface area contributed by atoms with Gasteiger partial charge in [-0.1, -0.05) is 43.1 Å². The highest BCUT2D eigenvalue weighted by molar-refractivity contribution is 6.42. The first kappa shape index (κ1) is 15.3. The Hall–Kier alpha value is -0.770. The Morgan fingerprint density at radius 2 is 1.94 bits per heavy atom. The molecule has 1 aromatic carbocycles. The number of carbonyl (C=O) groups excluding carboxylic acids is 1. The highest BCUT2D eigenvalue weighted by Gasteiger charge is 2.21. The van der Waals surface area contributed by atoms with Crippen LogP contribution in [0.2, 0.25) is 10.0 Å². The van der Waals surface area contributed by atoms with E-state index in [0.717, 1.165) is 5.56 Å². The van der Waals surface area contributed by atoms with E-state index in [4.69, 9.17) is 28.9 Å². The van der Waals surface area contributed by atoms with Crippen molar-refractivity contribution in [3.63, 3.8) is 0 Å². The standard InChI is InChI=1S/C13H18Cl2N2O/c1-8(2)12(16)13(18)17(3)7-9-4-5-10(14)11(15)6-9/h4-6,8,12H,7,16H2,1-3H3/t12-/m0/s1. The summed E-state index contributed by atoms with van der Waals surface area (Å²) in [7, 11) is 1.73. The fraction of sp³-hybridized carbons (Fsp3) is 0.462. The summed E-state index contributed by atoms with van der Waals surface area (Å²) in [6, 6.07) is 4.85. The van der Waals surface area contributed by atoms with Crippen LogP contribution in [0, 0.1) is 5.92 Å². The minimum atomic E-state index is -0.474. The van der Waals surface area contributed by atoms with E-state index in [1.165, 1.54) is 0 Å². The second-order valence-electron chi connectivity index (χ2n) is 4.71. The molecule has 0 radical (unpaired) electrons. The van der Waals surface area contributed by atoms with Gasteiger partial charge in [0.25, 0.3) is 0 Å². The molecule has 1 atom stereocenters. The molecule has 0 aliphatic carbocycles. The van der Waals surface area contributed by atoms with Crippen molar-refractivity contribution >= 4 is 29.1 Å². The Morgan fingerprint density at radius 3 is 2.44 bits per heavy atom. The zero-order valence-electron chi connectivity index (χ0n) is 10.8. The molecule has 100 valence electrons. The molecule has 18 heavy (non-hydrogen) atoms. The lowest BCUT2D eigenvalue weighted by Crippen LogP contribution is -2.44. The van der Waals surface area contributed by atoms with Crippen LogP contribution in [-0.4, -0.2) is 23.9 Å². The van der Waals surface area contributed by atoms with Gasteiger partial charge in [0.05, 0.1) is 16.1 Å². The molecular formula is C13H18Cl2N2O. The van der Waals surface area contributed by atoms with Gasteiger partial charge >= 0.3 is 0 Å². The molecule has 0 bridgehead atoms. The number of nitrogens with two attached hydrogens (primary N) is 1. The van der Waals surface area contributed by atoms with Crippen molar-refractivity contribution in [3.05, 3.63) is 33.8 Å². The van der Waals surface area contributed by atoms with Gasteiger partial charge in [-0.05, 0) is 23.6 Å². The number of likely N-dealkylation sites (N-methyl/N-ethyl adjacent to an activating group) is 1. The van der Waals surface area contributed by atoms with E-state index in [2.05, 4.69) is 0 Å². The van der Waals surface area contributed by atoms with Crippen molar-refractivity contribution in [2.24, 2.45) is 11.7 Å². The van der Waals surface area contributed by atoms with Crippen LogP contribution in [0.4, 0.5) is 0 Å². The minimum absolute atomic E-state index is 0.0731. The number of carbonyl (C=O) groups is 1. The van der Waals surface area contributed by atoms with Crippen molar-refractivity contribution in [1.82, 2.24) is 4.90 Å². The number of rotatable bonds is 4. The summed E-state index contributed by atoms with van der Waals surface area (Å²) in [5, 5.41) is 0.997. The van der Waals surface area contributed by atoms with Crippen molar-refractivity contribution in [1.29, 1.82) is 0 Å². The molecule has 0 spiro atoms. The summed E-state index contributed by atoms with van der Waals surface area (Å²) in [6.45, 7) is 4.32. The molecule has 0 saturated heterocycles. The first-order valence-electron chi connectivity index (χ1n) is 5.77. The summed E-state index contributed by atoms with van der Waals surface area (Å²) >= 11 is 11.8. The van der Waals surface area contributed by atoms with Gasteiger partial charge < -0.3 is 10.6 Å². The largest absolute Gasteiger partial charge is 0.340 e. The first-order chi connectivity index (χ1) is 8.32. The Bertz CT molecular complexity index is 435. The highest BCUT2D eigenvalue weighted by Crippen LogP contribution is 2.23. The second-order valence-corrected chi connectivity index (χ2v) is 5.53. The highest BCUT2D eigenvalue weighted by atomic mass is 35.5. The maximum atomic E-state index is 12.0. The van der Waals surface area contributed by atoms with Gasteiger partial charge in [0.2, 0.25) is 5.91 Å². The first-order valence-corrected chi connectivity index (χ1v) is 6.53.